The number of carbonyl (C=O) groups excluding carboxylic acids is 1. The number of pyridine rings is 1. The third-order valence-corrected chi connectivity index (χ3v) is 2.44. The molecule has 4 heteroatoms. The monoisotopic (exact) mass is 236 g/mol. The van der Waals surface area contributed by atoms with Crippen molar-refractivity contribution in [3.8, 4) is 0 Å². The molecule has 0 saturated carbocycles. The van der Waals surface area contributed by atoms with Crippen LogP contribution < -0.4 is 4.90 Å². The molecule has 0 aliphatic carbocycles. The smallest absolute Gasteiger partial charge is 0.325 e. The van der Waals surface area contributed by atoms with E-state index in [2.05, 4.69) is 18.8 Å². The van der Waals surface area contributed by atoms with E-state index in [-0.39, 0.29) is 18.6 Å². The fourth-order valence-electron chi connectivity index (χ4n) is 1.63. The first kappa shape index (κ1) is 13.5. The van der Waals surface area contributed by atoms with Crippen molar-refractivity contribution >= 4 is 11.7 Å². The number of anilines is 1. The van der Waals surface area contributed by atoms with Crippen molar-refractivity contribution in [2.75, 3.05) is 18.1 Å². The fourth-order valence-corrected chi connectivity index (χ4v) is 1.63. The third-order valence-electron chi connectivity index (χ3n) is 2.44. The Labute approximate surface area is 103 Å². The van der Waals surface area contributed by atoms with E-state index in [1.165, 1.54) is 0 Å². The van der Waals surface area contributed by atoms with Gasteiger partial charge in [0, 0.05) is 23.6 Å². The van der Waals surface area contributed by atoms with E-state index >= 15 is 0 Å². The zero-order valence-electron chi connectivity index (χ0n) is 10.9. The third kappa shape index (κ3) is 4.06. The van der Waals surface area contributed by atoms with E-state index in [4.69, 9.17) is 4.74 Å². The Balaban J connectivity index is 2.82. The van der Waals surface area contributed by atoms with Gasteiger partial charge in [0.15, 0.2) is 0 Å². The Bertz CT molecular complexity index is 377. The molecule has 0 N–H and O–H groups in total. The number of hydrogen-bond donors (Lipinski definition) is 0. The molecule has 0 fully saturated rings. The van der Waals surface area contributed by atoms with Crippen molar-refractivity contribution in [3.63, 3.8) is 0 Å². The van der Waals surface area contributed by atoms with Crippen molar-refractivity contribution < 1.29 is 9.53 Å². The van der Waals surface area contributed by atoms with Gasteiger partial charge in [-0.2, -0.15) is 0 Å². The molecule has 0 spiro atoms. The lowest BCUT2D eigenvalue weighted by atomic mass is 10.2. The topological polar surface area (TPSA) is 42.4 Å². The number of aryl methyl sites for hydroxylation is 1. The van der Waals surface area contributed by atoms with Crippen molar-refractivity contribution in [2.24, 2.45) is 0 Å². The van der Waals surface area contributed by atoms with Gasteiger partial charge in [-0.15, -0.1) is 0 Å². The predicted molar refractivity (Wildman–Crippen MR) is 68.1 cm³/mol. The second-order valence-electron chi connectivity index (χ2n) is 4.18. The summed E-state index contributed by atoms with van der Waals surface area (Å²) in [7, 11) is 0. The minimum absolute atomic E-state index is 0.198. The molecule has 17 heavy (non-hydrogen) atoms. The van der Waals surface area contributed by atoms with Crippen LogP contribution in [0.3, 0.4) is 0 Å². The number of hydrogen-bond acceptors (Lipinski definition) is 4. The maximum Gasteiger partial charge on any atom is 0.325 e. The molecular weight excluding hydrogens is 216 g/mol. The average molecular weight is 236 g/mol. The molecule has 0 bridgehead atoms. The summed E-state index contributed by atoms with van der Waals surface area (Å²) in [5.74, 6) is -0.198. The van der Waals surface area contributed by atoms with E-state index in [1.807, 2.05) is 30.9 Å². The van der Waals surface area contributed by atoms with Crippen LogP contribution in [-0.4, -0.2) is 30.1 Å². The van der Waals surface area contributed by atoms with E-state index in [9.17, 15) is 4.79 Å². The maximum absolute atomic E-state index is 11.5. The molecule has 0 unspecified atom stereocenters. The van der Waals surface area contributed by atoms with Gasteiger partial charge in [0.05, 0.1) is 6.61 Å². The number of ether oxygens (including phenoxy) is 1. The van der Waals surface area contributed by atoms with Gasteiger partial charge in [0.25, 0.3) is 0 Å². The lowest BCUT2D eigenvalue weighted by Crippen LogP contribution is -2.36. The summed E-state index contributed by atoms with van der Waals surface area (Å²) >= 11 is 0. The number of carbonyl (C=O) groups is 1. The lowest BCUT2D eigenvalue weighted by molar-refractivity contribution is -0.141. The zero-order valence-corrected chi connectivity index (χ0v) is 10.9. The molecule has 0 saturated heterocycles. The Hall–Kier alpha value is -1.58. The van der Waals surface area contributed by atoms with Gasteiger partial charge in [-0.05, 0) is 39.8 Å². The first-order valence-electron chi connectivity index (χ1n) is 5.89. The minimum atomic E-state index is -0.198. The van der Waals surface area contributed by atoms with Crippen LogP contribution in [0.4, 0.5) is 5.69 Å². The molecule has 0 radical (unpaired) electrons. The first-order valence-corrected chi connectivity index (χ1v) is 5.89. The van der Waals surface area contributed by atoms with Crippen LogP contribution >= 0.6 is 0 Å². The Kier molecular flexibility index (Phi) is 4.94. The van der Waals surface area contributed by atoms with Crippen molar-refractivity contribution in [1.82, 2.24) is 4.98 Å². The normalized spacial score (nSPS) is 10.4. The number of esters is 1. The van der Waals surface area contributed by atoms with Gasteiger partial charge in [0.1, 0.15) is 6.54 Å². The SMILES string of the molecule is CCOC(=O)CN(c1ccnc(C)c1)C(C)C. The summed E-state index contributed by atoms with van der Waals surface area (Å²) in [4.78, 5) is 17.7. The van der Waals surface area contributed by atoms with Gasteiger partial charge >= 0.3 is 5.97 Å². The molecule has 1 aromatic rings. The van der Waals surface area contributed by atoms with E-state index in [0.717, 1.165) is 11.4 Å². The number of aromatic nitrogens is 1. The minimum Gasteiger partial charge on any atom is -0.465 e. The van der Waals surface area contributed by atoms with Crippen LogP contribution in [0.2, 0.25) is 0 Å². The molecule has 94 valence electrons. The maximum atomic E-state index is 11.5. The van der Waals surface area contributed by atoms with Crippen LogP contribution in [0.25, 0.3) is 0 Å². The first-order chi connectivity index (χ1) is 8.04. The quantitative estimate of drug-likeness (QED) is 0.735. The second-order valence-corrected chi connectivity index (χ2v) is 4.18. The molecular formula is C13H20N2O2. The van der Waals surface area contributed by atoms with Crippen LogP contribution in [0.5, 0.6) is 0 Å². The van der Waals surface area contributed by atoms with Crippen molar-refractivity contribution in [2.45, 2.75) is 33.7 Å². The molecule has 0 aliphatic heterocycles. The molecule has 1 rings (SSSR count). The number of rotatable bonds is 5. The predicted octanol–water partition coefficient (Wildman–Crippen LogP) is 2.17. The van der Waals surface area contributed by atoms with Crippen LogP contribution in [-0.2, 0) is 9.53 Å². The van der Waals surface area contributed by atoms with Gasteiger partial charge < -0.3 is 9.64 Å². The standard InChI is InChI=1S/C13H20N2O2/c1-5-17-13(16)9-15(10(2)3)12-6-7-14-11(4)8-12/h6-8,10H,5,9H2,1-4H3. The summed E-state index contributed by atoms with van der Waals surface area (Å²) in [5.41, 5.74) is 1.94. The van der Waals surface area contributed by atoms with Gasteiger partial charge in [-0.1, -0.05) is 0 Å². The molecule has 0 amide bonds. The van der Waals surface area contributed by atoms with Gasteiger partial charge in [0.2, 0.25) is 0 Å². The second kappa shape index (κ2) is 6.23. The molecule has 1 heterocycles. The summed E-state index contributed by atoms with van der Waals surface area (Å²) in [6.45, 7) is 8.54. The van der Waals surface area contributed by atoms with Gasteiger partial charge in [-0.3, -0.25) is 9.78 Å². The fraction of sp³-hybridized carbons (Fsp3) is 0.538. The summed E-state index contributed by atoms with van der Waals surface area (Å²) in [6, 6.07) is 4.12. The van der Waals surface area contributed by atoms with E-state index in [1.54, 1.807) is 6.20 Å². The molecule has 1 aromatic heterocycles. The molecule has 0 aliphatic rings. The zero-order chi connectivity index (χ0) is 12.8. The highest BCUT2D eigenvalue weighted by atomic mass is 16.5. The van der Waals surface area contributed by atoms with E-state index < -0.39 is 0 Å². The lowest BCUT2D eigenvalue weighted by Gasteiger charge is -2.27. The largest absolute Gasteiger partial charge is 0.465 e. The van der Waals surface area contributed by atoms with Crippen LogP contribution in [0, 0.1) is 6.92 Å². The Morgan fingerprint density at radius 2 is 2.24 bits per heavy atom. The number of nitrogens with zero attached hydrogens (tertiary/aromatic N) is 2. The van der Waals surface area contributed by atoms with E-state index in [0.29, 0.717) is 6.61 Å². The Morgan fingerprint density at radius 1 is 1.53 bits per heavy atom. The molecule has 0 atom stereocenters. The van der Waals surface area contributed by atoms with Crippen LogP contribution in [0.1, 0.15) is 26.5 Å². The van der Waals surface area contributed by atoms with Crippen molar-refractivity contribution in [3.05, 3.63) is 24.0 Å². The summed E-state index contributed by atoms with van der Waals surface area (Å²) in [5, 5.41) is 0. The average Bonchev–Trinajstić information content (AvgIpc) is 2.26. The highest BCUT2D eigenvalue weighted by molar-refractivity contribution is 5.76. The Morgan fingerprint density at radius 3 is 2.76 bits per heavy atom. The highest BCUT2D eigenvalue weighted by Crippen LogP contribution is 2.17. The molecule has 4 nitrogen and oxygen atoms in total. The van der Waals surface area contributed by atoms with Gasteiger partial charge in [-0.25, -0.2) is 0 Å². The van der Waals surface area contributed by atoms with Crippen LogP contribution in [0.15, 0.2) is 18.3 Å². The van der Waals surface area contributed by atoms with Crippen molar-refractivity contribution in [1.29, 1.82) is 0 Å². The summed E-state index contributed by atoms with van der Waals surface area (Å²) in [6.07, 6.45) is 1.76. The highest BCUT2D eigenvalue weighted by Gasteiger charge is 2.15. The summed E-state index contributed by atoms with van der Waals surface area (Å²) < 4.78 is 4.98. The molecule has 0 aromatic carbocycles.